The van der Waals surface area contributed by atoms with Crippen molar-refractivity contribution in [3.05, 3.63) is 47.2 Å². The second kappa shape index (κ2) is 6.17. The van der Waals surface area contributed by atoms with E-state index in [2.05, 4.69) is 4.98 Å². The van der Waals surface area contributed by atoms with Gasteiger partial charge in [0.2, 0.25) is 0 Å². The van der Waals surface area contributed by atoms with E-state index in [4.69, 9.17) is 16.3 Å². The number of ether oxygens (including phenoxy) is 1. The van der Waals surface area contributed by atoms with Gasteiger partial charge in [-0.3, -0.25) is 9.59 Å². The van der Waals surface area contributed by atoms with Crippen LogP contribution in [0.3, 0.4) is 0 Å². The fourth-order valence-corrected chi connectivity index (χ4v) is 4.28. The second-order valence-corrected chi connectivity index (χ2v) is 7.63. The highest BCUT2D eigenvalue weighted by molar-refractivity contribution is 7.23. The molecule has 0 spiro atoms. The van der Waals surface area contributed by atoms with Crippen LogP contribution in [-0.2, 0) is 9.59 Å². The zero-order chi connectivity index (χ0) is 19.3. The van der Waals surface area contributed by atoms with Gasteiger partial charge in [-0.1, -0.05) is 35.1 Å². The lowest BCUT2D eigenvalue weighted by Gasteiger charge is -2.38. The molecule has 1 aliphatic heterocycles. The highest BCUT2D eigenvalue weighted by Gasteiger charge is 2.47. The Morgan fingerprint density at radius 1 is 1.41 bits per heavy atom. The zero-order valence-corrected chi connectivity index (χ0v) is 15.5. The highest BCUT2D eigenvalue weighted by atomic mass is 35.5. The van der Waals surface area contributed by atoms with Crippen molar-refractivity contribution >= 4 is 55.8 Å². The molecule has 0 fully saturated rings. The fraction of sp³-hybridized carbons (Fsp3) is 0.167. The molecule has 27 heavy (non-hydrogen) atoms. The lowest BCUT2D eigenvalue weighted by Crippen LogP contribution is -2.53. The summed E-state index contributed by atoms with van der Waals surface area (Å²) in [7, 11) is 0. The summed E-state index contributed by atoms with van der Waals surface area (Å²) in [6.45, 7) is 1.42. The molecule has 1 atom stereocenters. The molecule has 4 rings (SSSR count). The fourth-order valence-electron chi connectivity index (χ4n) is 2.99. The van der Waals surface area contributed by atoms with Crippen LogP contribution in [0.15, 0.2) is 36.4 Å². The Morgan fingerprint density at radius 2 is 2.15 bits per heavy atom. The Hall–Kier alpha value is -2.71. The zero-order valence-electron chi connectivity index (χ0n) is 13.9. The summed E-state index contributed by atoms with van der Waals surface area (Å²) in [5.74, 6) is -1.91. The van der Waals surface area contributed by atoms with Gasteiger partial charge < -0.3 is 9.84 Å². The largest absolute Gasteiger partial charge is 0.481 e. The Kier molecular flexibility index (Phi) is 4.05. The molecule has 2 heterocycles. The molecule has 138 valence electrons. The van der Waals surface area contributed by atoms with E-state index in [-0.39, 0.29) is 10.2 Å². The third-order valence-electron chi connectivity index (χ3n) is 4.17. The Balaban J connectivity index is 1.91. The number of halogens is 2. The highest BCUT2D eigenvalue weighted by Crippen LogP contribution is 2.45. The monoisotopic (exact) mass is 406 g/mol. The minimum Gasteiger partial charge on any atom is -0.481 e. The quantitative estimate of drug-likeness (QED) is 0.698. The number of fused-ring (bicyclic) bond motifs is 2. The summed E-state index contributed by atoms with van der Waals surface area (Å²) in [4.78, 5) is 30.1. The number of carboxylic acid groups (broad SMARTS) is 1. The number of thiazole rings is 1. The van der Waals surface area contributed by atoms with Gasteiger partial charge in [-0.05, 0) is 25.1 Å². The molecule has 1 aromatic heterocycles. The van der Waals surface area contributed by atoms with E-state index in [0.29, 0.717) is 21.7 Å². The number of rotatable bonds is 3. The van der Waals surface area contributed by atoms with Gasteiger partial charge >= 0.3 is 5.97 Å². The molecular formula is C18H12ClFN2O4S. The number of amides is 1. The maximum absolute atomic E-state index is 13.6. The first kappa shape index (κ1) is 17.7. The lowest BCUT2D eigenvalue weighted by atomic mass is 9.97. The first-order chi connectivity index (χ1) is 12.8. The van der Waals surface area contributed by atoms with Crippen molar-refractivity contribution in [1.82, 2.24) is 4.98 Å². The number of para-hydroxylation sites is 2. The van der Waals surface area contributed by atoms with Crippen LogP contribution in [0.4, 0.5) is 15.2 Å². The van der Waals surface area contributed by atoms with E-state index in [1.54, 1.807) is 24.3 Å². The van der Waals surface area contributed by atoms with Gasteiger partial charge in [0, 0.05) is 6.07 Å². The molecule has 1 N–H and O–H groups in total. The minimum atomic E-state index is -1.60. The van der Waals surface area contributed by atoms with Crippen molar-refractivity contribution in [2.24, 2.45) is 0 Å². The number of benzene rings is 2. The normalized spacial score (nSPS) is 19.1. The predicted octanol–water partition coefficient (Wildman–Crippen LogP) is 4.38. The van der Waals surface area contributed by atoms with Crippen LogP contribution in [-0.4, -0.2) is 27.6 Å². The van der Waals surface area contributed by atoms with E-state index < -0.39 is 29.7 Å². The molecule has 3 aromatic rings. The third-order valence-corrected chi connectivity index (χ3v) is 5.67. The van der Waals surface area contributed by atoms with E-state index in [0.717, 1.165) is 11.3 Å². The number of hydrogen-bond donors (Lipinski definition) is 1. The van der Waals surface area contributed by atoms with Crippen molar-refractivity contribution in [2.45, 2.75) is 18.9 Å². The molecule has 0 radical (unpaired) electrons. The van der Waals surface area contributed by atoms with Gasteiger partial charge in [0.15, 0.2) is 10.7 Å². The van der Waals surface area contributed by atoms with Crippen molar-refractivity contribution in [3.8, 4) is 5.75 Å². The summed E-state index contributed by atoms with van der Waals surface area (Å²) < 4.78 is 19.9. The number of aromatic nitrogens is 1. The average molecular weight is 407 g/mol. The van der Waals surface area contributed by atoms with Crippen molar-refractivity contribution in [3.63, 3.8) is 0 Å². The number of anilines is 2. The second-order valence-electron chi connectivity index (χ2n) is 6.24. The number of aliphatic carboxylic acids is 1. The maximum Gasteiger partial charge on any atom is 0.307 e. The molecule has 6 nitrogen and oxygen atoms in total. The molecule has 1 unspecified atom stereocenters. The lowest BCUT2D eigenvalue weighted by molar-refractivity contribution is -0.148. The van der Waals surface area contributed by atoms with Gasteiger partial charge in [0.25, 0.3) is 5.91 Å². The number of carbonyl (C=O) groups is 2. The molecule has 9 heteroatoms. The van der Waals surface area contributed by atoms with Gasteiger partial charge in [0.05, 0.1) is 27.3 Å². The molecular weight excluding hydrogens is 395 g/mol. The minimum absolute atomic E-state index is 0.191. The van der Waals surface area contributed by atoms with E-state index in [9.17, 15) is 19.1 Å². The molecule has 0 bridgehead atoms. The molecule has 2 aromatic carbocycles. The van der Waals surface area contributed by atoms with E-state index in [1.807, 2.05) is 0 Å². The van der Waals surface area contributed by atoms with Gasteiger partial charge in [-0.2, -0.15) is 0 Å². The van der Waals surface area contributed by atoms with Crippen LogP contribution < -0.4 is 9.64 Å². The first-order valence-corrected chi connectivity index (χ1v) is 9.08. The SMILES string of the molecule is CC1(CC(=O)O)Oc2ccccc2N(c2nc3cc(F)cc(Cl)c3s2)C1=O. The van der Waals surface area contributed by atoms with E-state index >= 15 is 0 Å². The van der Waals surface area contributed by atoms with Crippen LogP contribution >= 0.6 is 22.9 Å². The number of hydrogen-bond acceptors (Lipinski definition) is 5. The molecule has 0 saturated heterocycles. The summed E-state index contributed by atoms with van der Waals surface area (Å²) in [5.41, 5.74) is -0.856. The summed E-state index contributed by atoms with van der Waals surface area (Å²) in [6.07, 6.45) is -0.517. The topological polar surface area (TPSA) is 79.7 Å². The van der Waals surface area contributed by atoms with Gasteiger partial charge in [-0.25, -0.2) is 14.3 Å². The van der Waals surface area contributed by atoms with Crippen molar-refractivity contribution < 1.29 is 23.8 Å². The summed E-state index contributed by atoms with van der Waals surface area (Å²) in [5, 5.41) is 9.66. The molecule has 1 aliphatic rings. The van der Waals surface area contributed by atoms with Crippen LogP contribution in [0.25, 0.3) is 10.2 Å². The summed E-state index contributed by atoms with van der Waals surface area (Å²) in [6, 6.07) is 9.17. The molecule has 0 aliphatic carbocycles. The van der Waals surface area contributed by atoms with Gasteiger partial charge in [0.1, 0.15) is 11.6 Å². The van der Waals surface area contributed by atoms with Crippen molar-refractivity contribution in [1.29, 1.82) is 0 Å². The third kappa shape index (κ3) is 2.90. The first-order valence-electron chi connectivity index (χ1n) is 7.88. The molecule has 0 saturated carbocycles. The van der Waals surface area contributed by atoms with Gasteiger partial charge in [-0.15, -0.1) is 0 Å². The van der Waals surface area contributed by atoms with E-state index in [1.165, 1.54) is 24.0 Å². The van der Waals surface area contributed by atoms with Crippen LogP contribution in [0.2, 0.25) is 5.02 Å². The van der Waals surface area contributed by atoms with Crippen LogP contribution in [0, 0.1) is 5.82 Å². The summed E-state index contributed by atoms with van der Waals surface area (Å²) >= 11 is 7.22. The standard InChI is InChI=1S/C18H12ClFN2O4S/c1-18(8-14(23)24)16(25)22(12-4-2-3-5-13(12)26-18)17-21-11-7-9(20)6-10(19)15(11)27-17/h2-7H,8H2,1H3,(H,23,24). The predicted molar refractivity (Wildman–Crippen MR) is 99.5 cm³/mol. The molecule has 1 amide bonds. The van der Waals surface area contributed by atoms with Crippen LogP contribution in [0.1, 0.15) is 13.3 Å². The number of carboxylic acids is 1. The average Bonchev–Trinajstić information content (AvgIpc) is 2.99. The van der Waals surface area contributed by atoms with Crippen molar-refractivity contribution in [2.75, 3.05) is 4.90 Å². The number of carbonyl (C=O) groups excluding carboxylic acids is 1. The Bertz CT molecular complexity index is 1100. The van der Waals surface area contributed by atoms with Crippen LogP contribution in [0.5, 0.6) is 5.75 Å². The smallest absolute Gasteiger partial charge is 0.307 e. The Labute approximate surface area is 161 Å². The Morgan fingerprint density at radius 3 is 2.89 bits per heavy atom. The number of nitrogens with zero attached hydrogens (tertiary/aromatic N) is 2. The maximum atomic E-state index is 13.6.